The number of anilines is 1. The summed E-state index contributed by atoms with van der Waals surface area (Å²) in [4.78, 5) is 28.4. The van der Waals surface area contributed by atoms with Gasteiger partial charge in [0.2, 0.25) is 11.7 Å². The molecule has 1 saturated heterocycles. The quantitative estimate of drug-likeness (QED) is 0.675. The normalized spacial score (nSPS) is 17.3. The predicted octanol–water partition coefficient (Wildman–Crippen LogP) is 2.20. The summed E-state index contributed by atoms with van der Waals surface area (Å²) in [7, 11) is 0. The van der Waals surface area contributed by atoms with Gasteiger partial charge in [-0.3, -0.25) is 14.9 Å². The van der Waals surface area contributed by atoms with Crippen molar-refractivity contribution in [2.45, 2.75) is 19.0 Å². The molecule has 118 valence electrons. The minimum absolute atomic E-state index is 0.0323. The maximum Gasteiger partial charge on any atom is 0.311 e. The number of nitrogens with zero attached hydrogens (tertiary/aromatic N) is 3. The molecular formula is C16H16N4O3. The lowest BCUT2D eigenvalue weighted by molar-refractivity contribution is -0.384. The molecule has 1 amide bonds. The topological polar surface area (TPSA) is 88.4 Å². The minimum atomic E-state index is -0.478. The second kappa shape index (κ2) is 6.43. The molecule has 0 aliphatic carbocycles. The van der Waals surface area contributed by atoms with Gasteiger partial charge in [-0.2, -0.15) is 0 Å². The second-order valence-corrected chi connectivity index (χ2v) is 5.43. The van der Waals surface area contributed by atoms with E-state index >= 15 is 0 Å². The first-order valence-electron chi connectivity index (χ1n) is 7.31. The Balaban J connectivity index is 1.67. The van der Waals surface area contributed by atoms with Crippen molar-refractivity contribution in [3.8, 4) is 0 Å². The van der Waals surface area contributed by atoms with Gasteiger partial charge in [-0.15, -0.1) is 0 Å². The molecule has 2 aromatic rings. The molecule has 7 nitrogen and oxygen atoms in total. The molecule has 1 aromatic heterocycles. The highest BCUT2D eigenvalue weighted by atomic mass is 16.6. The fraction of sp³-hybridized carbons (Fsp3) is 0.250. The standard InChI is InChI=1S/C16H16N4O3/c21-15-9-13(11-19(15)10-12-5-2-1-3-6-12)18-16-14(20(22)23)7-4-8-17-16/h1-8,13H,9-11H2,(H,17,18)/t13-/m1/s1. The molecule has 2 heterocycles. The number of carbonyl (C=O) groups is 1. The molecule has 3 rings (SSSR count). The van der Waals surface area contributed by atoms with Crippen LogP contribution in [0.15, 0.2) is 48.7 Å². The van der Waals surface area contributed by atoms with E-state index in [1.54, 1.807) is 4.90 Å². The van der Waals surface area contributed by atoms with Crippen molar-refractivity contribution in [1.82, 2.24) is 9.88 Å². The van der Waals surface area contributed by atoms with Gasteiger partial charge in [-0.05, 0) is 11.6 Å². The van der Waals surface area contributed by atoms with Gasteiger partial charge < -0.3 is 10.2 Å². The van der Waals surface area contributed by atoms with E-state index in [1.807, 2.05) is 30.3 Å². The molecule has 1 aliphatic heterocycles. The lowest BCUT2D eigenvalue weighted by atomic mass is 10.2. The van der Waals surface area contributed by atoms with Crippen LogP contribution in [-0.2, 0) is 11.3 Å². The monoisotopic (exact) mass is 312 g/mol. The van der Waals surface area contributed by atoms with Crippen LogP contribution >= 0.6 is 0 Å². The molecule has 0 radical (unpaired) electrons. The van der Waals surface area contributed by atoms with E-state index in [4.69, 9.17) is 0 Å². The Morgan fingerprint density at radius 3 is 2.78 bits per heavy atom. The average Bonchev–Trinajstić information content (AvgIpc) is 2.88. The first-order chi connectivity index (χ1) is 11.1. The van der Waals surface area contributed by atoms with Crippen LogP contribution in [0.25, 0.3) is 0 Å². The van der Waals surface area contributed by atoms with Crippen LogP contribution in [0.4, 0.5) is 11.5 Å². The molecule has 23 heavy (non-hydrogen) atoms. The molecule has 1 fully saturated rings. The number of nitrogens with one attached hydrogen (secondary N) is 1. The highest BCUT2D eigenvalue weighted by Gasteiger charge is 2.31. The second-order valence-electron chi connectivity index (χ2n) is 5.43. The molecule has 1 atom stereocenters. The number of amides is 1. The first-order valence-corrected chi connectivity index (χ1v) is 7.31. The largest absolute Gasteiger partial charge is 0.359 e. The van der Waals surface area contributed by atoms with Crippen LogP contribution in [0.2, 0.25) is 0 Å². The molecule has 1 aliphatic rings. The number of likely N-dealkylation sites (tertiary alicyclic amines) is 1. The number of benzene rings is 1. The zero-order valence-electron chi connectivity index (χ0n) is 12.4. The Bertz CT molecular complexity index is 720. The molecule has 1 aromatic carbocycles. The van der Waals surface area contributed by atoms with E-state index in [0.29, 0.717) is 19.5 Å². The van der Waals surface area contributed by atoms with Gasteiger partial charge in [0.15, 0.2) is 0 Å². The Morgan fingerprint density at radius 1 is 1.26 bits per heavy atom. The summed E-state index contributed by atoms with van der Waals surface area (Å²) in [6, 6.07) is 12.5. The summed E-state index contributed by atoms with van der Waals surface area (Å²) in [5.74, 6) is 0.238. The van der Waals surface area contributed by atoms with Gasteiger partial charge in [0.05, 0.1) is 11.0 Å². The average molecular weight is 312 g/mol. The highest BCUT2D eigenvalue weighted by molar-refractivity contribution is 5.80. The number of nitro groups is 1. The third kappa shape index (κ3) is 3.45. The van der Waals surface area contributed by atoms with E-state index in [9.17, 15) is 14.9 Å². The van der Waals surface area contributed by atoms with Crippen LogP contribution in [-0.4, -0.2) is 33.3 Å². The van der Waals surface area contributed by atoms with Gasteiger partial charge in [-0.1, -0.05) is 30.3 Å². The van der Waals surface area contributed by atoms with Gasteiger partial charge in [0.25, 0.3) is 0 Å². The van der Waals surface area contributed by atoms with Crippen molar-refractivity contribution in [2.24, 2.45) is 0 Å². The predicted molar refractivity (Wildman–Crippen MR) is 84.8 cm³/mol. The van der Waals surface area contributed by atoms with E-state index in [-0.39, 0.29) is 23.5 Å². The Kier molecular flexibility index (Phi) is 4.18. The first kappa shape index (κ1) is 15.0. The third-order valence-corrected chi connectivity index (χ3v) is 3.75. The molecule has 0 unspecified atom stereocenters. The lowest BCUT2D eigenvalue weighted by Gasteiger charge is -2.17. The number of carbonyl (C=O) groups excluding carboxylic acids is 1. The maximum atomic E-state index is 12.1. The summed E-state index contributed by atoms with van der Waals surface area (Å²) < 4.78 is 0. The molecule has 0 saturated carbocycles. The van der Waals surface area contributed by atoms with Crippen LogP contribution in [0.3, 0.4) is 0 Å². The maximum absolute atomic E-state index is 12.1. The smallest absolute Gasteiger partial charge is 0.311 e. The lowest BCUT2D eigenvalue weighted by Crippen LogP contribution is -2.27. The van der Waals surface area contributed by atoms with E-state index in [1.165, 1.54) is 18.3 Å². The fourth-order valence-corrected chi connectivity index (χ4v) is 2.67. The Morgan fingerprint density at radius 2 is 2.04 bits per heavy atom. The molecule has 1 N–H and O–H groups in total. The van der Waals surface area contributed by atoms with Gasteiger partial charge in [-0.25, -0.2) is 4.98 Å². The van der Waals surface area contributed by atoms with Crippen molar-refractivity contribution in [3.05, 3.63) is 64.3 Å². The summed E-state index contributed by atoms with van der Waals surface area (Å²) in [5, 5.41) is 14.0. The van der Waals surface area contributed by atoms with Crippen molar-refractivity contribution in [3.63, 3.8) is 0 Å². The van der Waals surface area contributed by atoms with Gasteiger partial charge in [0.1, 0.15) is 0 Å². The van der Waals surface area contributed by atoms with Crippen LogP contribution in [0, 0.1) is 10.1 Å². The number of pyridine rings is 1. The van der Waals surface area contributed by atoms with Gasteiger partial charge >= 0.3 is 5.69 Å². The van der Waals surface area contributed by atoms with Crippen molar-refractivity contribution >= 4 is 17.4 Å². The summed E-state index contributed by atoms with van der Waals surface area (Å²) in [6.45, 7) is 1.05. The fourth-order valence-electron chi connectivity index (χ4n) is 2.67. The van der Waals surface area contributed by atoms with Crippen molar-refractivity contribution in [2.75, 3.05) is 11.9 Å². The SMILES string of the molecule is O=C1C[C@@H](Nc2ncccc2[N+](=O)[O-])CN1Cc1ccccc1. The summed E-state index contributed by atoms with van der Waals surface area (Å²) in [5.41, 5.74) is 0.978. The molecular weight excluding hydrogens is 296 g/mol. The Hall–Kier alpha value is -2.96. The molecule has 0 bridgehead atoms. The van der Waals surface area contributed by atoms with Gasteiger partial charge in [0, 0.05) is 31.8 Å². The zero-order chi connectivity index (χ0) is 16.2. The number of aromatic nitrogens is 1. The van der Waals surface area contributed by atoms with Crippen molar-refractivity contribution in [1.29, 1.82) is 0 Å². The Labute approximate surface area is 133 Å². The minimum Gasteiger partial charge on any atom is -0.359 e. The highest BCUT2D eigenvalue weighted by Crippen LogP contribution is 2.24. The zero-order valence-corrected chi connectivity index (χ0v) is 12.4. The van der Waals surface area contributed by atoms with Crippen LogP contribution in [0.1, 0.15) is 12.0 Å². The van der Waals surface area contributed by atoms with Crippen molar-refractivity contribution < 1.29 is 9.72 Å². The van der Waals surface area contributed by atoms with Crippen LogP contribution in [0.5, 0.6) is 0 Å². The third-order valence-electron chi connectivity index (χ3n) is 3.75. The molecule has 7 heteroatoms. The van der Waals surface area contributed by atoms with E-state index in [2.05, 4.69) is 10.3 Å². The van der Waals surface area contributed by atoms with E-state index < -0.39 is 4.92 Å². The molecule has 0 spiro atoms. The summed E-state index contributed by atoms with van der Waals surface area (Å²) >= 11 is 0. The van der Waals surface area contributed by atoms with Crippen LogP contribution < -0.4 is 5.32 Å². The number of rotatable bonds is 5. The summed E-state index contributed by atoms with van der Waals surface area (Å²) in [6.07, 6.45) is 1.80. The number of hydrogen-bond acceptors (Lipinski definition) is 5. The van der Waals surface area contributed by atoms with E-state index in [0.717, 1.165) is 5.56 Å². The number of hydrogen-bond donors (Lipinski definition) is 1.